The summed E-state index contributed by atoms with van der Waals surface area (Å²) in [5.74, 6) is 5.45. The first-order valence-corrected chi connectivity index (χ1v) is 16.7. The first-order valence-electron chi connectivity index (χ1n) is 16.7. The van der Waals surface area contributed by atoms with E-state index in [1.54, 1.807) is 14.1 Å². The van der Waals surface area contributed by atoms with Crippen LogP contribution in [-0.2, 0) is 0 Å². The summed E-state index contributed by atoms with van der Waals surface area (Å²) in [6.45, 7) is 38.3. The number of aryl methyl sites for hydroxylation is 3. The Bertz CT molecular complexity index is 1040. The second-order valence-electron chi connectivity index (χ2n) is 13.3. The van der Waals surface area contributed by atoms with Crippen molar-refractivity contribution in [3.8, 4) is 0 Å². The second-order valence-corrected chi connectivity index (χ2v) is 13.3. The molecule has 2 heterocycles. The fourth-order valence-corrected chi connectivity index (χ4v) is 4.67. The molecule has 1 fully saturated rings. The molecule has 0 N–H and O–H groups in total. The Balaban J connectivity index is -0.000000121. The zero-order valence-corrected chi connectivity index (χ0v) is 33.1. The number of amides is 4. The van der Waals surface area contributed by atoms with E-state index in [4.69, 9.17) is 0 Å². The Labute approximate surface area is 312 Å². The molecule has 1 aliphatic rings. The van der Waals surface area contributed by atoms with Gasteiger partial charge in [0.1, 0.15) is 23.3 Å². The van der Waals surface area contributed by atoms with Gasteiger partial charge in [-0.15, -0.1) is 0 Å². The Kier molecular flexibility index (Phi) is 33.5. The van der Waals surface area contributed by atoms with Crippen molar-refractivity contribution in [2.24, 2.45) is 17.8 Å². The Morgan fingerprint density at radius 3 is 0.860 bits per heavy atom. The van der Waals surface area contributed by atoms with Crippen LogP contribution < -0.4 is 0 Å². The highest BCUT2D eigenvalue weighted by Gasteiger charge is 2.33. The smallest absolute Gasteiger partial charge is 0.283 e. The van der Waals surface area contributed by atoms with Crippen LogP contribution >= 0.6 is 0 Å². The lowest BCUT2D eigenvalue weighted by Gasteiger charge is -2.36. The molecule has 0 saturated carbocycles. The number of aromatic nitrogens is 3. The van der Waals surface area contributed by atoms with Crippen LogP contribution in [0.5, 0.6) is 0 Å². The maximum Gasteiger partial charge on any atom is 0.333 e. The van der Waals surface area contributed by atoms with Gasteiger partial charge >= 0.3 is 12.1 Å². The van der Waals surface area contributed by atoms with Gasteiger partial charge in [0.15, 0.2) is 0 Å². The highest BCUT2D eigenvalue weighted by Crippen LogP contribution is 2.24. The summed E-state index contributed by atoms with van der Waals surface area (Å²) < 4.78 is 0. The number of rotatable bonds is 4. The molecule has 3 rings (SSSR count). The molecule has 1 aromatic heterocycles. The number of benzene rings is 1. The molecule has 0 aliphatic carbocycles. The molecule has 1 aliphatic heterocycles. The highest BCUT2D eigenvalue weighted by molar-refractivity contribution is 5.97. The molecule has 0 spiro atoms. The molecule has 8 heteroatoms. The molecule has 2 aromatic rings. The van der Waals surface area contributed by atoms with E-state index in [0.717, 1.165) is 40.1 Å². The van der Waals surface area contributed by atoms with Gasteiger partial charge in [0.25, 0.3) is 0 Å². The summed E-state index contributed by atoms with van der Waals surface area (Å²) in [5, 5.41) is 0. The lowest BCUT2D eigenvalue weighted by molar-refractivity contribution is 0.134. The monoisotopic (exact) mass is 705 g/mol. The van der Waals surface area contributed by atoms with Crippen LogP contribution in [0.15, 0.2) is 12.4 Å². The van der Waals surface area contributed by atoms with Gasteiger partial charge in [-0.05, 0) is 120 Å². The summed E-state index contributed by atoms with van der Waals surface area (Å²) in [4.78, 5) is 38.2. The largest absolute Gasteiger partial charge is 0.333 e. The molecular formula is C42H84N6O2. The molecule has 4 amide bonds. The van der Waals surface area contributed by atoms with Crippen molar-refractivity contribution in [3.05, 3.63) is 63.3 Å². The summed E-state index contributed by atoms with van der Waals surface area (Å²) in [5.41, 5.74) is 8.73. The average Bonchev–Trinajstić information content (AvgIpc) is 2.98. The standard InChI is InChI=1S/C12H18.C7H11N3O2.C7H16.C6H9N3.C6H14.4CH4/c1-7-8(2)10(4)12(6)11(5)9(7)3;1-5-8(2)6(11)10(4)7(12)9(5)3;1-6(2)5-7(3)4;1-4-7-5(2)9-6(3)8-4;1-4-6(3)5-2;;;;/h1-6H3;1H2,2-4H3;6-7H,5H2,1-4H3;1-3H3;6H,4-5H2,1-3H3;4*1H4. The molecule has 8 nitrogen and oxygen atoms in total. The van der Waals surface area contributed by atoms with Crippen LogP contribution in [0.25, 0.3) is 0 Å². The van der Waals surface area contributed by atoms with Crippen molar-refractivity contribution < 1.29 is 9.59 Å². The molecule has 0 unspecified atom stereocenters. The SMILES string of the molecule is C.C.C.C.C=C1N(C)C(=O)N(C)C(=O)N1C.CC(C)CC(C)C.CCC(C)CC.Cc1c(C)c(C)c(C)c(C)c1C.Cc1nc(C)nc(C)n1. The molecule has 1 aromatic carbocycles. The van der Waals surface area contributed by atoms with Crippen molar-refractivity contribution >= 4 is 12.1 Å². The number of hydrogen-bond acceptors (Lipinski definition) is 5. The van der Waals surface area contributed by atoms with Crippen molar-refractivity contribution in [1.82, 2.24) is 29.7 Å². The first-order chi connectivity index (χ1) is 21.0. The van der Waals surface area contributed by atoms with Crippen LogP contribution in [0.2, 0.25) is 0 Å². The topological polar surface area (TPSA) is 82.5 Å². The van der Waals surface area contributed by atoms with E-state index in [9.17, 15) is 9.59 Å². The summed E-state index contributed by atoms with van der Waals surface area (Å²) in [6.07, 6.45) is 4.02. The van der Waals surface area contributed by atoms with E-state index in [1.807, 2.05) is 20.8 Å². The minimum absolute atomic E-state index is 0. The summed E-state index contributed by atoms with van der Waals surface area (Å²) in [7, 11) is 4.58. The average molecular weight is 705 g/mol. The van der Waals surface area contributed by atoms with Gasteiger partial charge in [-0.25, -0.2) is 29.4 Å². The lowest BCUT2D eigenvalue weighted by atomic mass is 9.90. The molecule has 294 valence electrons. The highest BCUT2D eigenvalue weighted by atomic mass is 16.2. The zero-order chi connectivity index (χ0) is 36.6. The summed E-state index contributed by atoms with van der Waals surface area (Å²) in [6, 6.07) is -0.716. The predicted octanol–water partition coefficient (Wildman–Crippen LogP) is 12.5. The number of carbonyl (C=O) groups is 2. The minimum Gasteiger partial charge on any atom is -0.283 e. The third-order valence-electron chi connectivity index (χ3n) is 8.60. The molecular weight excluding hydrogens is 621 g/mol. The van der Waals surface area contributed by atoms with E-state index in [0.29, 0.717) is 5.82 Å². The van der Waals surface area contributed by atoms with Crippen LogP contribution in [-0.4, -0.2) is 62.9 Å². The van der Waals surface area contributed by atoms with Crippen LogP contribution in [0, 0.1) is 80.1 Å². The minimum atomic E-state index is -0.358. The quantitative estimate of drug-likeness (QED) is 0.316. The van der Waals surface area contributed by atoms with Gasteiger partial charge in [-0.2, -0.15) is 0 Å². The van der Waals surface area contributed by atoms with E-state index in [-0.39, 0.29) is 41.8 Å². The fraction of sp³-hybridized carbons (Fsp3) is 0.690. The van der Waals surface area contributed by atoms with Crippen LogP contribution in [0.4, 0.5) is 9.59 Å². The van der Waals surface area contributed by atoms with Gasteiger partial charge < -0.3 is 0 Å². The van der Waals surface area contributed by atoms with Crippen molar-refractivity contribution in [3.63, 3.8) is 0 Å². The Morgan fingerprint density at radius 2 is 0.720 bits per heavy atom. The third-order valence-corrected chi connectivity index (χ3v) is 8.60. The number of imide groups is 1. The van der Waals surface area contributed by atoms with Crippen molar-refractivity contribution in [1.29, 1.82) is 0 Å². The number of carbonyl (C=O) groups excluding carboxylic acids is 2. The number of hydrogen-bond donors (Lipinski definition) is 0. The molecule has 1 saturated heterocycles. The third kappa shape index (κ3) is 20.4. The first kappa shape index (κ1) is 58.9. The van der Waals surface area contributed by atoms with Gasteiger partial charge in [-0.3, -0.25) is 9.80 Å². The Hall–Kier alpha value is -3.29. The van der Waals surface area contributed by atoms with E-state index in [2.05, 4.69) is 112 Å². The maximum absolute atomic E-state index is 11.2. The normalized spacial score (nSPS) is 11.6. The molecule has 50 heavy (non-hydrogen) atoms. The number of nitrogens with zero attached hydrogens (tertiary/aromatic N) is 6. The van der Waals surface area contributed by atoms with E-state index >= 15 is 0 Å². The van der Waals surface area contributed by atoms with Gasteiger partial charge in [-0.1, -0.05) is 97.6 Å². The second kappa shape index (κ2) is 28.4. The molecule has 0 bridgehead atoms. The van der Waals surface area contributed by atoms with E-state index < -0.39 is 0 Å². The maximum atomic E-state index is 11.2. The van der Waals surface area contributed by atoms with Gasteiger partial charge in [0.05, 0.1) is 0 Å². The summed E-state index contributed by atoms with van der Waals surface area (Å²) >= 11 is 0. The lowest BCUT2D eigenvalue weighted by Crippen LogP contribution is -2.55. The Morgan fingerprint density at radius 1 is 0.500 bits per heavy atom. The van der Waals surface area contributed by atoms with Gasteiger partial charge in [0.2, 0.25) is 0 Å². The zero-order valence-electron chi connectivity index (χ0n) is 33.1. The van der Waals surface area contributed by atoms with Crippen molar-refractivity contribution in [2.75, 3.05) is 21.1 Å². The molecule has 0 radical (unpaired) electrons. The van der Waals surface area contributed by atoms with Crippen LogP contribution in [0.3, 0.4) is 0 Å². The van der Waals surface area contributed by atoms with Crippen molar-refractivity contribution in [2.45, 2.75) is 160 Å². The van der Waals surface area contributed by atoms with Crippen LogP contribution in [0.1, 0.15) is 148 Å². The fourth-order valence-electron chi connectivity index (χ4n) is 4.67. The molecule has 0 atom stereocenters. The van der Waals surface area contributed by atoms with Gasteiger partial charge in [0, 0.05) is 21.1 Å². The van der Waals surface area contributed by atoms with E-state index in [1.165, 1.54) is 69.5 Å². The predicted molar refractivity (Wildman–Crippen MR) is 223 cm³/mol. The number of urea groups is 2.